The molecule has 3 aromatic rings. The van der Waals surface area contributed by atoms with Gasteiger partial charge >= 0.3 is 6.03 Å². The zero-order chi connectivity index (χ0) is 22.2. The van der Waals surface area contributed by atoms with Gasteiger partial charge in [-0.3, -0.25) is 4.98 Å². The number of carbonyl (C=O) groups is 1. The van der Waals surface area contributed by atoms with E-state index in [2.05, 4.69) is 44.8 Å². The van der Waals surface area contributed by atoms with Crippen molar-refractivity contribution in [2.75, 3.05) is 32.5 Å². The molecule has 1 heterocycles. The fourth-order valence-corrected chi connectivity index (χ4v) is 3.83. The Morgan fingerprint density at radius 2 is 1.74 bits per heavy atom. The highest BCUT2D eigenvalue weighted by atomic mass is 35.5. The van der Waals surface area contributed by atoms with Crippen LogP contribution in [0.15, 0.2) is 67.0 Å². The first-order valence-corrected chi connectivity index (χ1v) is 10.8. The average Bonchev–Trinajstić information content (AvgIpc) is 2.74. The molecule has 0 saturated heterocycles. The van der Waals surface area contributed by atoms with Crippen LogP contribution in [0, 0.1) is 0 Å². The molecule has 162 valence electrons. The van der Waals surface area contributed by atoms with E-state index in [-0.39, 0.29) is 11.9 Å². The molecule has 0 aliphatic heterocycles. The SMILES string of the molecule is CN(C)CCC(CNC(=O)Nc1cc(Cl)cc(Cl)c1)c1ccc(-c2cccnc2)cc1. The van der Waals surface area contributed by atoms with Gasteiger partial charge in [-0.1, -0.05) is 53.5 Å². The van der Waals surface area contributed by atoms with Crippen LogP contribution < -0.4 is 10.6 Å². The maximum absolute atomic E-state index is 12.4. The summed E-state index contributed by atoms with van der Waals surface area (Å²) in [5, 5.41) is 6.71. The number of urea groups is 1. The molecule has 31 heavy (non-hydrogen) atoms. The Kier molecular flexibility index (Phi) is 8.29. The number of hydrogen-bond acceptors (Lipinski definition) is 3. The van der Waals surface area contributed by atoms with Gasteiger partial charge in [0.25, 0.3) is 0 Å². The first-order valence-electron chi connectivity index (χ1n) is 10.1. The zero-order valence-corrected chi connectivity index (χ0v) is 19.1. The van der Waals surface area contributed by atoms with Crippen LogP contribution >= 0.6 is 23.2 Å². The van der Waals surface area contributed by atoms with Gasteiger partial charge in [0.05, 0.1) is 0 Å². The van der Waals surface area contributed by atoms with Gasteiger partial charge in [-0.25, -0.2) is 4.79 Å². The first kappa shape index (κ1) is 23.1. The third-order valence-electron chi connectivity index (χ3n) is 4.93. The van der Waals surface area contributed by atoms with Crippen molar-refractivity contribution in [3.63, 3.8) is 0 Å². The van der Waals surface area contributed by atoms with E-state index in [0.717, 1.165) is 24.1 Å². The molecule has 0 spiro atoms. The highest BCUT2D eigenvalue weighted by molar-refractivity contribution is 6.35. The van der Waals surface area contributed by atoms with E-state index in [1.54, 1.807) is 24.4 Å². The maximum atomic E-state index is 12.4. The molecule has 2 amide bonds. The molecule has 0 aliphatic carbocycles. The monoisotopic (exact) mass is 456 g/mol. The summed E-state index contributed by atoms with van der Waals surface area (Å²) in [6, 6.07) is 17.1. The fraction of sp³-hybridized carbons (Fsp3) is 0.250. The van der Waals surface area contributed by atoms with E-state index in [4.69, 9.17) is 23.2 Å². The lowest BCUT2D eigenvalue weighted by atomic mass is 9.93. The van der Waals surface area contributed by atoms with Crippen molar-refractivity contribution in [3.8, 4) is 11.1 Å². The van der Waals surface area contributed by atoms with E-state index in [1.165, 1.54) is 5.56 Å². The number of benzene rings is 2. The fourth-order valence-electron chi connectivity index (χ4n) is 3.30. The van der Waals surface area contributed by atoms with Crippen LogP contribution in [0.2, 0.25) is 10.0 Å². The number of carbonyl (C=O) groups excluding carboxylic acids is 1. The Morgan fingerprint density at radius 3 is 2.35 bits per heavy atom. The third-order valence-corrected chi connectivity index (χ3v) is 5.37. The first-order chi connectivity index (χ1) is 14.9. The molecular weight excluding hydrogens is 431 g/mol. The van der Waals surface area contributed by atoms with Crippen molar-refractivity contribution >= 4 is 34.9 Å². The summed E-state index contributed by atoms with van der Waals surface area (Å²) in [6.45, 7) is 1.43. The topological polar surface area (TPSA) is 57.3 Å². The minimum absolute atomic E-state index is 0.180. The quantitative estimate of drug-likeness (QED) is 0.442. The summed E-state index contributed by atoms with van der Waals surface area (Å²) in [4.78, 5) is 18.8. The number of amides is 2. The molecule has 1 aromatic heterocycles. The van der Waals surface area contributed by atoms with Gasteiger partial charge in [-0.2, -0.15) is 0 Å². The number of nitrogens with zero attached hydrogens (tertiary/aromatic N) is 2. The summed E-state index contributed by atoms with van der Waals surface area (Å²) in [5.74, 6) is 0.180. The molecular formula is C24H26Cl2N4O. The molecule has 2 aromatic carbocycles. The molecule has 1 atom stereocenters. The second-order valence-corrected chi connectivity index (χ2v) is 8.52. The molecule has 0 fully saturated rings. The van der Waals surface area contributed by atoms with Crippen LogP contribution in [0.5, 0.6) is 0 Å². The van der Waals surface area contributed by atoms with Gasteiger partial charge in [0, 0.05) is 40.6 Å². The van der Waals surface area contributed by atoms with Crippen molar-refractivity contribution in [3.05, 3.63) is 82.6 Å². The smallest absolute Gasteiger partial charge is 0.319 e. The number of anilines is 1. The number of aromatic nitrogens is 1. The minimum Gasteiger partial charge on any atom is -0.337 e. The normalized spacial score (nSPS) is 11.9. The Labute approximate surface area is 193 Å². The lowest BCUT2D eigenvalue weighted by Crippen LogP contribution is -2.33. The zero-order valence-electron chi connectivity index (χ0n) is 17.6. The summed E-state index contributed by atoms with van der Waals surface area (Å²) < 4.78 is 0. The molecule has 0 saturated carbocycles. The Hall–Kier alpha value is -2.60. The summed E-state index contributed by atoms with van der Waals surface area (Å²) in [5.41, 5.74) is 3.93. The van der Waals surface area contributed by atoms with Crippen molar-refractivity contribution in [2.24, 2.45) is 0 Å². The van der Waals surface area contributed by atoms with Crippen molar-refractivity contribution in [1.82, 2.24) is 15.2 Å². The lowest BCUT2D eigenvalue weighted by Gasteiger charge is -2.21. The van der Waals surface area contributed by atoms with Gasteiger partial charge < -0.3 is 15.5 Å². The summed E-state index contributed by atoms with van der Waals surface area (Å²) in [7, 11) is 4.09. The van der Waals surface area contributed by atoms with E-state index < -0.39 is 0 Å². The molecule has 3 rings (SSSR count). The van der Waals surface area contributed by atoms with Crippen LogP contribution in [-0.2, 0) is 0 Å². The second kappa shape index (κ2) is 11.1. The standard InChI is InChI=1S/C24H26Cl2N4O/c1-30(2)11-9-20(16-28-24(31)29-23-13-21(25)12-22(26)14-23)18-7-5-17(6-8-18)19-4-3-10-27-15-19/h3-8,10,12-15,20H,9,11,16H2,1-2H3,(H2,28,29,31). The average molecular weight is 457 g/mol. The highest BCUT2D eigenvalue weighted by Crippen LogP contribution is 2.25. The largest absolute Gasteiger partial charge is 0.337 e. The molecule has 1 unspecified atom stereocenters. The lowest BCUT2D eigenvalue weighted by molar-refractivity contribution is 0.251. The minimum atomic E-state index is -0.292. The molecule has 5 nitrogen and oxygen atoms in total. The molecule has 0 radical (unpaired) electrons. The Morgan fingerprint density at radius 1 is 1.03 bits per heavy atom. The van der Waals surface area contributed by atoms with Crippen LogP contribution in [-0.4, -0.2) is 43.1 Å². The molecule has 0 aliphatic rings. The summed E-state index contributed by atoms with van der Waals surface area (Å²) >= 11 is 12.0. The number of rotatable bonds is 8. The predicted molar refractivity (Wildman–Crippen MR) is 129 cm³/mol. The van der Waals surface area contributed by atoms with Crippen molar-refractivity contribution < 1.29 is 4.79 Å². The Bertz CT molecular complexity index is 974. The van der Waals surface area contributed by atoms with Crippen LogP contribution in [0.25, 0.3) is 11.1 Å². The molecule has 2 N–H and O–H groups in total. The van der Waals surface area contributed by atoms with Crippen LogP contribution in [0.3, 0.4) is 0 Å². The molecule has 0 bridgehead atoms. The van der Waals surface area contributed by atoms with Crippen LogP contribution in [0.1, 0.15) is 17.9 Å². The van der Waals surface area contributed by atoms with Gasteiger partial charge in [-0.15, -0.1) is 0 Å². The van der Waals surface area contributed by atoms with E-state index in [0.29, 0.717) is 22.3 Å². The third kappa shape index (κ3) is 7.24. The van der Waals surface area contributed by atoms with Crippen molar-refractivity contribution in [2.45, 2.75) is 12.3 Å². The highest BCUT2D eigenvalue weighted by Gasteiger charge is 2.14. The van der Waals surface area contributed by atoms with E-state index in [1.807, 2.05) is 32.4 Å². The Balaban J connectivity index is 1.66. The van der Waals surface area contributed by atoms with Gasteiger partial charge in [-0.05, 0) is 68.0 Å². The van der Waals surface area contributed by atoms with Gasteiger partial charge in [0.2, 0.25) is 0 Å². The number of hydrogen-bond donors (Lipinski definition) is 2. The summed E-state index contributed by atoms with van der Waals surface area (Å²) in [6.07, 6.45) is 4.54. The number of pyridine rings is 1. The van der Waals surface area contributed by atoms with E-state index >= 15 is 0 Å². The van der Waals surface area contributed by atoms with Gasteiger partial charge in [0.15, 0.2) is 0 Å². The van der Waals surface area contributed by atoms with Gasteiger partial charge in [0.1, 0.15) is 0 Å². The van der Waals surface area contributed by atoms with Crippen molar-refractivity contribution in [1.29, 1.82) is 0 Å². The van der Waals surface area contributed by atoms with Crippen LogP contribution in [0.4, 0.5) is 10.5 Å². The second-order valence-electron chi connectivity index (χ2n) is 7.65. The molecule has 7 heteroatoms. The maximum Gasteiger partial charge on any atom is 0.319 e. The number of nitrogens with one attached hydrogen (secondary N) is 2. The number of halogens is 2. The van der Waals surface area contributed by atoms with E-state index in [9.17, 15) is 4.79 Å². The predicted octanol–water partition coefficient (Wildman–Crippen LogP) is 5.91.